The molecule has 1 spiro atoms. The Kier molecular flexibility index (Phi) is 15.4. The van der Waals surface area contributed by atoms with Crippen LogP contribution in [0.4, 0.5) is 0 Å². The summed E-state index contributed by atoms with van der Waals surface area (Å²) >= 11 is 0. The minimum atomic E-state index is 0.478. The lowest BCUT2D eigenvalue weighted by Gasteiger charge is -2.45. The molecule has 0 bridgehead atoms. The summed E-state index contributed by atoms with van der Waals surface area (Å²) < 4.78 is 0. The zero-order chi connectivity index (χ0) is 32.3. The summed E-state index contributed by atoms with van der Waals surface area (Å²) in [4.78, 5) is 7.36. The maximum absolute atomic E-state index is 5.21. The van der Waals surface area contributed by atoms with Crippen LogP contribution in [0.25, 0.3) is 0 Å². The van der Waals surface area contributed by atoms with Crippen LogP contribution in [0.1, 0.15) is 112 Å². The molecule has 0 amide bonds. The molecule has 8 unspecified atom stereocenters. The van der Waals surface area contributed by atoms with Crippen LogP contribution in [0.3, 0.4) is 0 Å². The number of rotatable bonds is 11. The van der Waals surface area contributed by atoms with Gasteiger partial charge in [0.1, 0.15) is 0 Å². The molecule has 8 atom stereocenters. The van der Waals surface area contributed by atoms with Gasteiger partial charge >= 0.3 is 0 Å². The number of hydrogen-bond donors (Lipinski definition) is 2. The molecule has 5 rings (SSSR count). The summed E-state index contributed by atoms with van der Waals surface area (Å²) in [5.41, 5.74) is 4.88. The van der Waals surface area contributed by atoms with Gasteiger partial charge in [0.2, 0.25) is 0 Å². The molecule has 1 aliphatic heterocycles. The second-order valence-electron chi connectivity index (χ2n) is 14.5. The SMILES string of the molecule is C=C.C=C/C=C1/CCC23C4CCC(C(C)=NCCCC5CC(C)CN5)C4(C)CCC2C13CCC.CC.CNCCN(C)C. The lowest BCUT2D eigenvalue weighted by molar-refractivity contribution is 0.0525. The summed E-state index contributed by atoms with van der Waals surface area (Å²) in [5.74, 6) is 3.45. The summed E-state index contributed by atoms with van der Waals surface area (Å²) in [7, 11) is 6.10. The molecule has 4 saturated carbocycles. The second kappa shape index (κ2) is 17.5. The van der Waals surface area contributed by atoms with Crippen LogP contribution < -0.4 is 10.6 Å². The van der Waals surface area contributed by atoms with Gasteiger partial charge < -0.3 is 15.5 Å². The van der Waals surface area contributed by atoms with E-state index in [9.17, 15) is 0 Å². The van der Waals surface area contributed by atoms with Crippen molar-refractivity contribution in [1.82, 2.24) is 15.5 Å². The molecule has 0 aromatic rings. The highest BCUT2D eigenvalue weighted by Crippen LogP contribution is 2.90. The van der Waals surface area contributed by atoms with Gasteiger partial charge in [-0.3, -0.25) is 4.99 Å². The topological polar surface area (TPSA) is 39.7 Å². The zero-order valence-electron chi connectivity index (χ0n) is 30.2. The van der Waals surface area contributed by atoms with Crippen LogP contribution in [0.15, 0.2) is 42.5 Å². The molecule has 4 heteroatoms. The largest absolute Gasteiger partial charge is 0.318 e. The van der Waals surface area contributed by atoms with Crippen LogP contribution in [0.5, 0.6) is 0 Å². The van der Waals surface area contributed by atoms with Crippen molar-refractivity contribution >= 4 is 5.71 Å². The van der Waals surface area contributed by atoms with Crippen LogP contribution in [-0.4, -0.2) is 64.0 Å². The molecule has 0 aromatic heterocycles. The highest BCUT2D eigenvalue weighted by Gasteiger charge is 2.84. The van der Waals surface area contributed by atoms with Crippen molar-refractivity contribution in [3.05, 3.63) is 37.5 Å². The first-order valence-corrected chi connectivity index (χ1v) is 18.1. The molecule has 43 heavy (non-hydrogen) atoms. The fourth-order valence-electron chi connectivity index (χ4n) is 10.6. The third-order valence-electron chi connectivity index (χ3n) is 12.1. The van der Waals surface area contributed by atoms with Gasteiger partial charge in [0.05, 0.1) is 0 Å². The molecule has 0 radical (unpaired) electrons. The van der Waals surface area contributed by atoms with E-state index in [1.165, 1.54) is 82.9 Å². The van der Waals surface area contributed by atoms with E-state index >= 15 is 0 Å². The van der Waals surface area contributed by atoms with Gasteiger partial charge in [-0.05, 0) is 127 Å². The molecule has 5 fully saturated rings. The number of nitrogens with one attached hydrogen (secondary N) is 2. The van der Waals surface area contributed by atoms with Crippen LogP contribution >= 0.6 is 0 Å². The average molecular weight is 597 g/mol. The van der Waals surface area contributed by atoms with Crippen molar-refractivity contribution in [3.63, 3.8) is 0 Å². The normalized spacial score (nSPS) is 38.0. The maximum Gasteiger partial charge on any atom is 0.0389 e. The van der Waals surface area contributed by atoms with Crippen molar-refractivity contribution in [3.8, 4) is 0 Å². The van der Waals surface area contributed by atoms with E-state index in [0.717, 1.165) is 49.3 Å². The van der Waals surface area contributed by atoms with Crippen molar-refractivity contribution in [2.24, 2.45) is 44.9 Å². The van der Waals surface area contributed by atoms with Crippen LogP contribution in [-0.2, 0) is 0 Å². The molecule has 2 N–H and O–H groups in total. The Bertz CT molecular complexity index is 907. The van der Waals surface area contributed by atoms with Crippen molar-refractivity contribution in [2.45, 2.75) is 118 Å². The molecule has 1 saturated heterocycles. The maximum atomic E-state index is 5.21. The molecule has 4 aliphatic carbocycles. The first-order valence-electron chi connectivity index (χ1n) is 18.1. The van der Waals surface area contributed by atoms with E-state index in [-0.39, 0.29) is 0 Å². The zero-order valence-corrected chi connectivity index (χ0v) is 30.2. The highest BCUT2D eigenvalue weighted by molar-refractivity contribution is 5.85. The summed E-state index contributed by atoms with van der Waals surface area (Å²) in [6.07, 6.45) is 19.6. The van der Waals surface area contributed by atoms with Gasteiger partial charge in [0.15, 0.2) is 0 Å². The van der Waals surface area contributed by atoms with E-state index < -0.39 is 0 Å². The van der Waals surface area contributed by atoms with E-state index in [0.29, 0.717) is 16.2 Å². The lowest BCUT2D eigenvalue weighted by atomic mass is 9.59. The van der Waals surface area contributed by atoms with Crippen LogP contribution in [0.2, 0.25) is 0 Å². The number of hydrogen-bond acceptors (Lipinski definition) is 4. The van der Waals surface area contributed by atoms with Crippen molar-refractivity contribution < 1.29 is 0 Å². The molecular formula is C39H72N4. The molecule has 0 aromatic carbocycles. The lowest BCUT2D eigenvalue weighted by Crippen LogP contribution is -2.40. The van der Waals surface area contributed by atoms with Gasteiger partial charge in [0.25, 0.3) is 0 Å². The number of nitrogens with zero attached hydrogens (tertiary/aromatic N) is 2. The standard InChI is InChI=1S/C30H48N2.C5H14N2.C2H6.C2H4/c1-6-9-23-13-17-30-26-12-11-25(22(4)31-18-8-10-24-19-21(3)20-32-24)28(26,5)16-14-27(30)29(23,30)15-7-2;1-6-4-5-7(2)3;2*1-2/h6,9,21,24-27,32H,1,7-8,10-20H2,2-5H3;6H,4-5H2,1-3H3;1-2H3;1-2H2/b23-9-,31-22?;;;. The second-order valence-corrected chi connectivity index (χ2v) is 14.5. The Hall–Kier alpha value is -1.23. The number of likely N-dealkylation sites (N-methyl/N-ethyl adjacent to an activating group) is 2. The van der Waals surface area contributed by atoms with Gasteiger partial charge in [-0.25, -0.2) is 0 Å². The highest BCUT2D eigenvalue weighted by atomic mass is 15.1. The smallest absolute Gasteiger partial charge is 0.0389 e. The van der Waals surface area contributed by atoms with Gasteiger partial charge in [-0.15, -0.1) is 13.2 Å². The Morgan fingerprint density at radius 2 is 1.86 bits per heavy atom. The number of aliphatic imine (C=N–C) groups is 1. The summed E-state index contributed by atoms with van der Waals surface area (Å²) in [5, 5.41) is 6.75. The molecule has 248 valence electrons. The predicted octanol–water partition coefficient (Wildman–Crippen LogP) is 8.96. The van der Waals surface area contributed by atoms with Gasteiger partial charge in [-0.1, -0.05) is 65.3 Å². The van der Waals surface area contributed by atoms with E-state index in [2.05, 4.69) is 89.2 Å². The summed E-state index contributed by atoms with van der Waals surface area (Å²) in [6.45, 7) is 28.3. The minimum Gasteiger partial charge on any atom is -0.318 e. The van der Waals surface area contributed by atoms with E-state index in [1.807, 2.05) is 20.9 Å². The van der Waals surface area contributed by atoms with Crippen molar-refractivity contribution in [1.29, 1.82) is 0 Å². The quantitative estimate of drug-likeness (QED) is 0.142. The first-order chi connectivity index (χ1) is 20.7. The van der Waals surface area contributed by atoms with Gasteiger partial charge in [-0.2, -0.15) is 0 Å². The van der Waals surface area contributed by atoms with Crippen LogP contribution in [0, 0.1) is 39.9 Å². The van der Waals surface area contributed by atoms with Crippen molar-refractivity contribution in [2.75, 3.05) is 47.3 Å². The van der Waals surface area contributed by atoms with E-state index in [1.54, 1.807) is 5.57 Å². The first kappa shape index (κ1) is 38.0. The molecular weight excluding hydrogens is 524 g/mol. The molecule has 4 nitrogen and oxygen atoms in total. The fourth-order valence-corrected chi connectivity index (χ4v) is 10.6. The van der Waals surface area contributed by atoms with E-state index in [4.69, 9.17) is 4.99 Å². The number of allylic oxidation sites excluding steroid dienone is 3. The third-order valence-corrected chi connectivity index (χ3v) is 12.1. The monoisotopic (exact) mass is 597 g/mol. The fraction of sp³-hybridized carbons (Fsp3) is 0.821. The molecule has 5 aliphatic rings. The average Bonchev–Trinajstić information content (AvgIpc) is 3.35. The van der Waals surface area contributed by atoms with Gasteiger partial charge in [0, 0.05) is 42.7 Å². The Morgan fingerprint density at radius 3 is 2.42 bits per heavy atom. The Labute approximate surface area is 268 Å². The summed E-state index contributed by atoms with van der Waals surface area (Å²) in [6, 6.07) is 0.741. The third kappa shape index (κ3) is 7.60. The molecule has 1 heterocycles. The minimum absolute atomic E-state index is 0.478. The number of fused-ring (bicyclic) bond motifs is 2. The Balaban J connectivity index is 0.000000512. The predicted molar refractivity (Wildman–Crippen MR) is 192 cm³/mol. The Morgan fingerprint density at radius 1 is 1.14 bits per heavy atom.